The van der Waals surface area contributed by atoms with Crippen molar-refractivity contribution in [3.05, 3.63) is 0 Å². The number of rotatable bonds is 5. The van der Waals surface area contributed by atoms with E-state index in [4.69, 9.17) is 0 Å². The number of aliphatic imine (C=N–C) groups is 1. The second-order valence-corrected chi connectivity index (χ2v) is 6.61. The van der Waals surface area contributed by atoms with Gasteiger partial charge in [-0.1, -0.05) is 6.92 Å². The Balaban J connectivity index is 2.32. The minimum Gasteiger partial charge on any atom is -0.355 e. The minimum absolute atomic E-state index is 0.285. The molecular formula is C11H24N4O2S. The summed E-state index contributed by atoms with van der Waals surface area (Å²) in [6.07, 6.45) is 1.75. The molecule has 0 aromatic heterocycles. The molecule has 1 heterocycles. The fourth-order valence-electron chi connectivity index (χ4n) is 1.77. The van der Waals surface area contributed by atoms with Gasteiger partial charge in [-0.15, -0.1) is 0 Å². The van der Waals surface area contributed by atoms with E-state index >= 15 is 0 Å². The van der Waals surface area contributed by atoms with Crippen LogP contribution in [-0.4, -0.2) is 57.2 Å². The van der Waals surface area contributed by atoms with Gasteiger partial charge in [0.15, 0.2) is 5.96 Å². The van der Waals surface area contributed by atoms with Crippen LogP contribution in [0.25, 0.3) is 0 Å². The van der Waals surface area contributed by atoms with E-state index in [0.29, 0.717) is 25.7 Å². The summed E-state index contributed by atoms with van der Waals surface area (Å²) in [6.45, 7) is 5.90. The molecule has 6 nitrogen and oxygen atoms in total. The van der Waals surface area contributed by atoms with Gasteiger partial charge < -0.3 is 10.6 Å². The molecule has 0 saturated carbocycles. The summed E-state index contributed by atoms with van der Waals surface area (Å²) in [5, 5.41) is 6.37. The Hall–Kier alpha value is -0.820. The van der Waals surface area contributed by atoms with E-state index in [1.807, 2.05) is 0 Å². The number of hydrogen-bond acceptors (Lipinski definition) is 3. The summed E-state index contributed by atoms with van der Waals surface area (Å²) in [4.78, 5) is 4.10. The normalized spacial score (nSPS) is 21.8. The molecule has 0 aromatic rings. The predicted molar refractivity (Wildman–Crippen MR) is 74.2 cm³/mol. The first-order valence-corrected chi connectivity index (χ1v) is 8.05. The Labute approximate surface area is 110 Å². The van der Waals surface area contributed by atoms with E-state index in [0.717, 1.165) is 18.8 Å². The molecule has 106 valence electrons. The Morgan fingerprint density at radius 3 is 2.72 bits per heavy atom. The molecule has 0 spiro atoms. The molecule has 0 amide bonds. The monoisotopic (exact) mass is 276 g/mol. The molecule has 2 N–H and O–H groups in total. The Kier molecular flexibility index (Phi) is 5.87. The Morgan fingerprint density at radius 2 is 2.22 bits per heavy atom. The van der Waals surface area contributed by atoms with E-state index in [1.54, 1.807) is 7.05 Å². The van der Waals surface area contributed by atoms with E-state index in [1.165, 1.54) is 4.31 Å². The second-order valence-electron chi connectivity index (χ2n) is 4.52. The third kappa shape index (κ3) is 4.45. The molecule has 1 rings (SSSR count). The third-order valence-corrected chi connectivity index (χ3v) is 5.03. The number of hydrogen-bond donors (Lipinski definition) is 2. The van der Waals surface area contributed by atoms with Gasteiger partial charge in [0.1, 0.15) is 0 Å². The first kappa shape index (κ1) is 15.2. The average molecular weight is 276 g/mol. The Bertz CT molecular complexity index is 381. The van der Waals surface area contributed by atoms with Crippen LogP contribution in [-0.2, 0) is 10.0 Å². The summed E-state index contributed by atoms with van der Waals surface area (Å²) in [7, 11) is -1.27. The van der Waals surface area contributed by atoms with Crippen molar-refractivity contribution >= 4 is 16.0 Å². The zero-order valence-electron chi connectivity index (χ0n) is 11.4. The fourth-order valence-corrected chi connectivity index (χ4v) is 3.30. The highest BCUT2D eigenvalue weighted by atomic mass is 32.2. The molecule has 0 aromatic carbocycles. The molecule has 0 radical (unpaired) electrons. The van der Waals surface area contributed by atoms with Gasteiger partial charge in [0, 0.05) is 32.7 Å². The quantitative estimate of drug-likeness (QED) is 0.547. The van der Waals surface area contributed by atoms with Crippen LogP contribution in [0, 0.1) is 0 Å². The summed E-state index contributed by atoms with van der Waals surface area (Å²) in [6, 6.07) is 0.353. The lowest BCUT2D eigenvalue weighted by Gasteiger charge is -2.18. The van der Waals surface area contributed by atoms with Crippen molar-refractivity contribution in [2.24, 2.45) is 4.99 Å². The van der Waals surface area contributed by atoms with Gasteiger partial charge in [-0.25, -0.2) is 12.7 Å². The van der Waals surface area contributed by atoms with Crippen molar-refractivity contribution < 1.29 is 8.42 Å². The van der Waals surface area contributed by atoms with Gasteiger partial charge >= 0.3 is 0 Å². The lowest BCUT2D eigenvalue weighted by Crippen LogP contribution is -2.44. The maximum Gasteiger partial charge on any atom is 0.214 e. The highest BCUT2D eigenvalue weighted by molar-refractivity contribution is 7.89. The van der Waals surface area contributed by atoms with Crippen molar-refractivity contribution in [3.63, 3.8) is 0 Å². The molecule has 1 aliphatic heterocycles. The molecule has 7 heteroatoms. The number of nitrogens with zero attached hydrogens (tertiary/aromatic N) is 2. The zero-order valence-corrected chi connectivity index (χ0v) is 12.3. The lowest BCUT2D eigenvalue weighted by molar-refractivity contribution is 0.444. The Morgan fingerprint density at radius 1 is 1.50 bits per heavy atom. The van der Waals surface area contributed by atoms with Crippen molar-refractivity contribution in [2.75, 3.05) is 32.4 Å². The van der Waals surface area contributed by atoms with Crippen molar-refractivity contribution in [3.8, 4) is 0 Å². The van der Waals surface area contributed by atoms with Crippen LogP contribution in [0.15, 0.2) is 4.99 Å². The molecule has 18 heavy (non-hydrogen) atoms. The standard InChI is InChI=1S/C11H24N4O2S/c1-4-10(2)14-11(12-3)13-6-8-15-7-5-9-18(15,16)17/h10H,4-9H2,1-3H3,(H2,12,13,14). The van der Waals surface area contributed by atoms with Gasteiger partial charge in [0.05, 0.1) is 5.75 Å². The highest BCUT2D eigenvalue weighted by Crippen LogP contribution is 2.11. The SMILES string of the molecule is CCC(C)NC(=NC)NCCN1CCCS1(=O)=O. The van der Waals surface area contributed by atoms with Gasteiger partial charge in [0.25, 0.3) is 0 Å². The van der Waals surface area contributed by atoms with Crippen LogP contribution >= 0.6 is 0 Å². The third-order valence-electron chi connectivity index (χ3n) is 3.08. The molecule has 1 unspecified atom stereocenters. The van der Waals surface area contributed by atoms with Crippen molar-refractivity contribution in [2.45, 2.75) is 32.7 Å². The van der Waals surface area contributed by atoms with Crippen LogP contribution in [0.4, 0.5) is 0 Å². The number of nitrogens with one attached hydrogen (secondary N) is 2. The van der Waals surface area contributed by atoms with E-state index < -0.39 is 10.0 Å². The highest BCUT2D eigenvalue weighted by Gasteiger charge is 2.27. The van der Waals surface area contributed by atoms with Crippen LogP contribution in [0.3, 0.4) is 0 Å². The summed E-state index contributed by atoms with van der Waals surface area (Å²) < 4.78 is 24.7. The number of sulfonamides is 1. The van der Waals surface area contributed by atoms with Gasteiger partial charge in [0.2, 0.25) is 10.0 Å². The van der Waals surface area contributed by atoms with Crippen LogP contribution in [0.2, 0.25) is 0 Å². The first-order valence-electron chi connectivity index (χ1n) is 6.44. The largest absolute Gasteiger partial charge is 0.355 e. The molecule has 0 bridgehead atoms. The topological polar surface area (TPSA) is 73.8 Å². The molecule has 0 aliphatic carbocycles. The van der Waals surface area contributed by atoms with Crippen molar-refractivity contribution in [1.82, 2.24) is 14.9 Å². The smallest absolute Gasteiger partial charge is 0.214 e. The average Bonchev–Trinajstić information content (AvgIpc) is 2.67. The summed E-state index contributed by atoms with van der Waals surface area (Å²) >= 11 is 0. The van der Waals surface area contributed by atoms with Gasteiger partial charge in [-0.3, -0.25) is 4.99 Å². The maximum absolute atomic E-state index is 11.6. The van der Waals surface area contributed by atoms with Gasteiger partial charge in [-0.2, -0.15) is 0 Å². The van der Waals surface area contributed by atoms with Crippen molar-refractivity contribution in [1.29, 1.82) is 0 Å². The fraction of sp³-hybridized carbons (Fsp3) is 0.909. The van der Waals surface area contributed by atoms with E-state index in [2.05, 4.69) is 29.5 Å². The molecule has 1 saturated heterocycles. The molecule has 1 atom stereocenters. The van der Waals surface area contributed by atoms with Gasteiger partial charge in [-0.05, 0) is 19.8 Å². The maximum atomic E-state index is 11.6. The summed E-state index contributed by atoms with van der Waals surface area (Å²) in [5.74, 6) is 1.01. The molecular weight excluding hydrogens is 252 g/mol. The van der Waals surface area contributed by atoms with E-state index in [-0.39, 0.29) is 5.75 Å². The first-order chi connectivity index (χ1) is 8.49. The zero-order chi connectivity index (χ0) is 13.6. The molecule has 1 aliphatic rings. The van der Waals surface area contributed by atoms with Crippen LogP contribution < -0.4 is 10.6 Å². The van der Waals surface area contributed by atoms with E-state index in [9.17, 15) is 8.42 Å². The minimum atomic E-state index is -2.99. The lowest BCUT2D eigenvalue weighted by atomic mass is 10.3. The number of guanidine groups is 1. The van der Waals surface area contributed by atoms with Crippen LogP contribution in [0.1, 0.15) is 26.7 Å². The van der Waals surface area contributed by atoms with Crippen LogP contribution in [0.5, 0.6) is 0 Å². The predicted octanol–water partition coefficient (Wildman–Crippen LogP) is -0.0146. The summed E-state index contributed by atoms with van der Waals surface area (Å²) in [5.41, 5.74) is 0. The molecule has 1 fully saturated rings. The second kappa shape index (κ2) is 6.94.